The summed E-state index contributed by atoms with van der Waals surface area (Å²) >= 11 is 0. The Labute approximate surface area is 184 Å². The van der Waals surface area contributed by atoms with Crippen LogP contribution in [0.1, 0.15) is 50.8 Å². The van der Waals surface area contributed by atoms with Crippen LogP contribution >= 0.6 is 0 Å². The molecule has 0 aromatic carbocycles. The number of aromatic nitrogens is 3. The fraction of sp³-hybridized carbons (Fsp3) is 0.583. The topological polar surface area (TPSA) is 74.2 Å². The summed E-state index contributed by atoms with van der Waals surface area (Å²) in [6.45, 7) is 12.2. The minimum atomic E-state index is 0.174. The van der Waals surface area contributed by atoms with E-state index in [9.17, 15) is 4.79 Å². The summed E-state index contributed by atoms with van der Waals surface area (Å²) in [5, 5.41) is 3.36. The van der Waals surface area contributed by atoms with Crippen molar-refractivity contribution in [3.63, 3.8) is 0 Å². The second kappa shape index (κ2) is 7.46. The second-order valence-corrected chi connectivity index (χ2v) is 10.0. The van der Waals surface area contributed by atoms with Crippen molar-refractivity contribution in [2.45, 2.75) is 46.5 Å². The second-order valence-electron chi connectivity index (χ2n) is 10.0. The van der Waals surface area contributed by atoms with E-state index < -0.39 is 0 Å². The van der Waals surface area contributed by atoms with Gasteiger partial charge < -0.3 is 15.1 Å². The molecule has 31 heavy (non-hydrogen) atoms. The van der Waals surface area contributed by atoms with Gasteiger partial charge in [-0.2, -0.15) is 0 Å². The summed E-state index contributed by atoms with van der Waals surface area (Å²) in [5.41, 5.74) is 2.67. The highest BCUT2D eigenvalue weighted by Crippen LogP contribution is 2.62. The van der Waals surface area contributed by atoms with Gasteiger partial charge in [0.2, 0.25) is 5.91 Å². The summed E-state index contributed by atoms with van der Waals surface area (Å²) in [6.07, 6.45) is 5.50. The van der Waals surface area contributed by atoms with Crippen molar-refractivity contribution in [1.82, 2.24) is 19.9 Å². The van der Waals surface area contributed by atoms with E-state index in [1.807, 2.05) is 11.8 Å². The molecule has 0 radical (unpaired) electrons. The molecule has 0 spiro atoms. The highest BCUT2D eigenvalue weighted by Gasteiger charge is 2.62. The molecule has 164 valence electrons. The maximum absolute atomic E-state index is 11.7. The molecule has 3 fully saturated rings. The molecule has 4 heterocycles. The molecule has 1 aliphatic carbocycles. The smallest absolute Gasteiger partial charge is 0.219 e. The van der Waals surface area contributed by atoms with E-state index in [1.165, 1.54) is 5.56 Å². The largest absolute Gasteiger partial charge is 0.356 e. The molecule has 7 heteroatoms. The molecule has 7 nitrogen and oxygen atoms in total. The van der Waals surface area contributed by atoms with Gasteiger partial charge in [0.15, 0.2) is 0 Å². The van der Waals surface area contributed by atoms with E-state index >= 15 is 0 Å². The van der Waals surface area contributed by atoms with Crippen LogP contribution in [0.5, 0.6) is 0 Å². The van der Waals surface area contributed by atoms with Crippen molar-refractivity contribution in [3.05, 3.63) is 35.8 Å². The lowest BCUT2D eigenvalue weighted by Crippen LogP contribution is -2.36. The fourth-order valence-corrected chi connectivity index (χ4v) is 5.43. The van der Waals surface area contributed by atoms with Crippen LogP contribution in [-0.2, 0) is 4.79 Å². The summed E-state index contributed by atoms with van der Waals surface area (Å²) in [6, 6.07) is 4.43. The number of pyridine rings is 1. The fourth-order valence-electron chi connectivity index (χ4n) is 5.43. The van der Waals surface area contributed by atoms with E-state index in [4.69, 9.17) is 4.98 Å². The van der Waals surface area contributed by atoms with Crippen LogP contribution in [0.15, 0.2) is 24.5 Å². The number of amides is 1. The predicted octanol–water partition coefficient (Wildman–Crippen LogP) is 3.74. The molecule has 2 unspecified atom stereocenters. The monoisotopic (exact) mass is 420 g/mol. The predicted molar refractivity (Wildman–Crippen MR) is 121 cm³/mol. The van der Waals surface area contributed by atoms with Gasteiger partial charge in [-0.25, -0.2) is 9.97 Å². The SMILES string of the molecule is CC(=O)N1CCC(c2cc(Nc3cnc(C)cn3)nc(N3CC4C(C3)C4(C)C)c2)CC1. The third-order valence-electron chi connectivity index (χ3n) is 7.73. The first-order chi connectivity index (χ1) is 14.8. The van der Waals surface area contributed by atoms with Crippen LogP contribution in [0, 0.1) is 24.2 Å². The summed E-state index contributed by atoms with van der Waals surface area (Å²) in [5.74, 6) is 4.74. The minimum absolute atomic E-state index is 0.174. The number of likely N-dealkylation sites (tertiary alicyclic amines) is 1. The normalized spacial score (nSPS) is 24.8. The van der Waals surface area contributed by atoms with Gasteiger partial charge in [-0.1, -0.05) is 13.8 Å². The quantitative estimate of drug-likeness (QED) is 0.812. The Morgan fingerprint density at radius 1 is 1.06 bits per heavy atom. The van der Waals surface area contributed by atoms with E-state index in [0.717, 1.165) is 68.2 Å². The van der Waals surface area contributed by atoms with Crippen molar-refractivity contribution in [3.8, 4) is 0 Å². The molecule has 1 N–H and O–H groups in total. The standard InChI is InChI=1S/C24H32N6O/c1-15-11-26-22(12-25-15)27-21-9-18(17-5-7-29(8-6-17)16(2)31)10-23(28-21)30-13-19-20(14-30)24(19,3)4/h9-12,17,19-20H,5-8,13-14H2,1-4H3,(H,26,27,28). The van der Waals surface area contributed by atoms with Gasteiger partial charge in [0, 0.05) is 33.1 Å². The van der Waals surface area contributed by atoms with E-state index in [-0.39, 0.29) is 5.91 Å². The molecule has 2 saturated heterocycles. The molecule has 0 bridgehead atoms. The number of carbonyl (C=O) groups is 1. The number of nitrogens with zero attached hydrogens (tertiary/aromatic N) is 5. The van der Waals surface area contributed by atoms with Gasteiger partial charge >= 0.3 is 0 Å². The van der Waals surface area contributed by atoms with Crippen LogP contribution < -0.4 is 10.2 Å². The lowest BCUT2D eigenvalue weighted by atomic mass is 9.89. The Morgan fingerprint density at radius 3 is 2.39 bits per heavy atom. The lowest BCUT2D eigenvalue weighted by molar-refractivity contribution is -0.129. The number of anilines is 3. The number of hydrogen-bond acceptors (Lipinski definition) is 6. The highest BCUT2D eigenvalue weighted by atomic mass is 16.2. The average molecular weight is 421 g/mol. The first-order valence-corrected chi connectivity index (χ1v) is 11.4. The highest BCUT2D eigenvalue weighted by molar-refractivity contribution is 5.73. The zero-order valence-electron chi connectivity index (χ0n) is 18.9. The van der Waals surface area contributed by atoms with Crippen molar-refractivity contribution in [1.29, 1.82) is 0 Å². The molecule has 5 rings (SSSR count). The van der Waals surface area contributed by atoms with Crippen molar-refractivity contribution in [2.24, 2.45) is 17.3 Å². The van der Waals surface area contributed by atoms with E-state index in [0.29, 0.717) is 17.2 Å². The summed E-state index contributed by atoms with van der Waals surface area (Å²) in [4.78, 5) is 29.9. The molecule has 2 aliphatic heterocycles. The van der Waals surface area contributed by atoms with Gasteiger partial charge in [-0.3, -0.25) is 9.78 Å². The zero-order chi connectivity index (χ0) is 21.8. The first kappa shape index (κ1) is 20.2. The van der Waals surface area contributed by atoms with E-state index in [1.54, 1.807) is 19.3 Å². The van der Waals surface area contributed by atoms with Gasteiger partial charge in [-0.15, -0.1) is 0 Å². The number of aryl methyl sites for hydroxylation is 1. The Morgan fingerprint density at radius 2 is 1.77 bits per heavy atom. The Balaban J connectivity index is 1.40. The number of piperidine rings is 2. The van der Waals surface area contributed by atoms with Crippen molar-refractivity contribution >= 4 is 23.4 Å². The maximum Gasteiger partial charge on any atom is 0.219 e. The van der Waals surface area contributed by atoms with Crippen LogP contribution in [0.3, 0.4) is 0 Å². The molecule has 3 aliphatic rings. The van der Waals surface area contributed by atoms with Crippen LogP contribution in [-0.4, -0.2) is 51.9 Å². The Kier molecular flexibility index (Phi) is 4.87. The number of carbonyl (C=O) groups excluding carboxylic acids is 1. The maximum atomic E-state index is 11.7. The molecule has 1 saturated carbocycles. The number of nitrogens with one attached hydrogen (secondary N) is 1. The van der Waals surface area contributed by atoms with Crippen molar-refractivity contribution < 1.29 is 4.79 Å². The third-order valence-corrected chi connectivity index (χ3v) is 7.73. The summed E-state index contributed by atoms with van der Waals surface area (Å²) < 4.78 is 0. The lowest BCUT2D eigenvalue weighted by Gasteiger charge is -2.32. The minimum Gasteiger partial charge on any atom is -0.356 e. The van der Waals surface area contributed by atoms with E-state index in [2.05, 4.69) is 46.2 Å². The molecule has 2 aromatic heterocycles. The molecule has 2 atom stereocenters. The Hall–Kier alpha value is -2.70. The Bertz CT molecular complexity index is 966. The number of fused-ring (bicyclic) bond motifs is 1. The van der Waals surface area contributed by atoms with Crippen LogP contribution in [0.4, 0.5) is 17.5 Å². The van der Waals surface area contributed by atoms with Crippen LogP contribution in [0.2, 0.25) is 0 Å². The zero-order valence-corrected chi connectivity index (χ0v) is 18.9. The van der Waals surface area contributed by atoms with Crippen molar-refractivity contribution in [2.75, 3.05) is 36.4 Å². The molecule has 2 aromatic rings. The van der Waals surface area contributed by atoms with Gasteiger partial charge in [0.1, 0.15) is 17.5 Å². The summed E-state index contributed by atoms with van der Waals surface area (Å²) in [7, 11) is 0. The molecular formula is C24H32N6O. The van der Waals surface area contributed by atoms with Gasteiger partial charge in [-0.05, 0) is 60.6 Å². The average Bonchev–Trinajstić information content (AvgIpc) is 3.08. The number of hydrogen-bond donors (Lipinski definition) is 1. The van der Waals surface area contributed by atoms with Gasteiger partial charge in [0.25, 0.3) is 0 Å². The first-order valence-electron chi connectivity index (χ1n) is 11.4. The number of rotatable bonds is 4. The molecule has 1 amide bonds. The van der Waals surface area contributed by atoms with Crippen LogP contribution in [0.25, 0.3) is 0 Å². The van der Waals surface area contributed by atoms with Gasteiger partial charge in [0.05, 0.1) is 18.1 Å². The molecular weight excluding hydrogens is 388 g/mol. The third kappa shape index (κ3) is 3.86.